The van der Waals surface area contributed by atoms with Gasteiger partial charge in [0.2, 0.25) is 0 Å². The summed E-state index contributed by atoms with van der Waals surface area (Å²) in [5.74, 6) is 0.745. The lowest BCUT2D eigenvalue weighted by Gasteiger charge is -1.93. The number of aromatic amines is 1. The molecule has 1 rings (SSSR count). The molecule has 0 saturated carbocycles. The lowest BCUT2D eigenvalue weighted by Crippen LogP contribution is -1.87. The first-order chi connectivity index (χ1) is 4.38. The Hall–Kier alpha value is -1.26. The summed E-state index contributed by atoms with van der Waals surface area (Å²) in [4.78, 5) is 0. The smallest absolute Gasteiger partial charge is 0.297 e. The van der Waals surface area contributed by atoms with E-state index in [0.717, 1.165) is 0 Å². The van der Waals surface area contributed by atoms with Crippen molar-refractivity contribution < 1.29 is 9.47 Å². The normalized spacial score (nSPS) is 9.11. The predicted molar refractivity (Wildman–Crippen MR) is 29.5 cm³/mol. The summed E-state index contributed by atoms with van der Waals surface area (Å²) in [6.45, 7) is 0. The maximum atomic E-state index is 4.75. The summed E-state index contributed by atoms with van der Waals surface area (Å²) in [6, 6.07) is 0. The van der Waals surface area contributed by atoms with Crippen LogP contribution in [-0.2, 0) is 0 Å². The number of nitrogens with zero attached hydrogens (tertiary/aromatic N) is 2. The Morgan fingerprint density at radius 1 is 1.11 bits per heavy atom. The van der Waals surface area contributed by atoms with E-state index in [1.54, 1.807) is 0 Å². The second-order valence-electron chi connectivity index (χ2n) is 1.34. The average molecular weight is 129 g/mol. The highest BCUT2D eigenvalue weighted by Gasteiger charge is 2.04. The molecule has 9 heavy (non-hydrogen) atoms. The van der Waals surface area contributed by atoms with Gasteiger partial charge in [-0.3, -0.25) is 0 Å². The molecule has 0 saturated heterocycles. The molecule has 1 aromatic rings. The maximum absolute atomic E-state index is 4.75. The molecule has 5 heteroatoms. The third-order valence-electron chi connectivity index (χ3n) is 0.873. The SMILES string of the molecule is COc1n[nH]nc1OC. The lowest BCUT2D eigenvalue weighted by molar-refractivity contribution is 0.340. The van der Waals surface area contributed by atoms with Crippen LogP contribution in [0.25, 0.3) is 0 Å². The highest BCUT2D eigenvalue weighted by atomic mass is 16.5. The Kier molecular flexibility index (Phi) is 1.53. The fourth-order valence-electron chi connectivity index (χ4n) is 0.477. The van der Waals surface area contributed by atoms with Crippen LogP contribution in [0.1, 0.15) is 0 Å². The summed E-state index contributed by atoms with van der Waals surface area (Å²) in [5, 5.41) is 9.59. The van der Waals surface area contributed by atoms with E-state index in [9.17, 15) is 0 Å². The second kappa shape index (κ2) is 2.34. The van der Waals surface area contributed by atoms with Gasteiger partial charge in [0.15, 0.2) is 0 Å². The minimum atomic E-state index is 0.373. The molecule has 0 aromatic carbocycles. The van der Waals surface area contributed by atoms with Gasteiger partial charge in [0, 0.05) is 0 Å². The maximum Gasteiger partial charge on any atom is 0.297 e. The molecule has 1 heterocycles. The van der Waals surface area contributed by atoms with Gasteiger partial charge in [0.1, 0.15) is 0 Å². The van der Waals surface area contributed by atoms with Crippen molar-refractivity contribution in [2.24, 2.45) is 0 Å². The molecule has 50 valence electrons. The molecule has 0 bridgehead atoms. The van der Waals surface area contributed by atoms with Crippen LogP contribution in [0.2, 0.25) is 0 Å². The van der Waals surface area contributed by atoms with Gasteiger partial charge in [0.05, 0.1) is 14.2 Å². The number of rotatable bonds is 2. The summed E-state index contributed by atoms with van der Waals surface area (Å²) < 4.78 is 9.49. The molecule has 1 N–H and O–H groups in total. The summed E-state index contributed by atoms with van der Waals surface area (Å²) in [7, 11) is 3.00. The zero-order valence-corrected chi connectivity index (χ0v) is 5.21. The van der Waals surface area contributed by atoms with E-state index < -0.39 is 0 Å². The number of H-pyrrole nitrogens is 1. The summed E-state index contributed by atoms with van der Waals surface area (Å²) in [5.41, 5.74) is 0. The molecular weight excluding hydrogens is 122 g/mol. The van der Waals surface area contributed by atoms with Crippen molar-refractivity contribution in [3.05, 3.63) is 0 Å². The third kappa shape index (κ3) is 0.933. The van der Waals surface area contributed by atoms with Gasteiger partial charge in [-0.25, -0.2) is 0 Å². The first kappa shape index (κ1) is 5.87. The molecule has 0 fully saturated rings. The molecule has 0 aliphatic carbocycles. The summed E-state index contributed by atoms with van der Waals surface area (Å²) in [6.07, 6.45) is 0. The fraction of sp³-hybridized carbons (Fsp3) is 0.500. The number of nitrogens with one attached hydrogen (secondary N) is 1. The van der Waals surface area contributed by atoms with Crippen molar-refractivity contribution in [3.63, 3.8) is 0 Å². The van der Waals surface area contributed by atoms with Crippen LogP contribution < -0.4 is 9.47 Å². The fourth-order valence-corrected chi connectivity index (χ4v) is 0.477. The molecular formula is C4H7N3O2. The summed E-state index contributed by atoms with van der Waals surface area (Å²) >= 11 is 0. The Bertz CT molecular complexity index is 167. The molecule has 0 aliphatic rings. The predicted octanol–water partition coefficient (Wildman–Crippen LogP) is -0.178. The van der Waals surface area contributed by atoms with Crippen LogP contribution in [0.3, 0.4) is 0 Å². The van der Waals surface area contributed by atoms with E-state index in [4.69, 9.17) is 9.47 Å². The van der Waals surface area contributed by atoms with Gasteiger partial charge in [0.25, 0.3) is 11.8 Å². The van der Waals surface area contributed by atoms with Gasteiger partial charge in [-0.15, -0.1) is 10.2 Å². The van der Waals surface area contributed by atoms with E-state index in [1.165, 1.54) is 14.2 Å². The quantitative estimate of drug-likeness (QED) is 0.601. The van der Waals surface area contributed by atoms with Crippen LogP contribution in [0, 0.1) is 0 Å². The van der Waals surface area contributed by atoms with Gasteiger partial charge in [-0.2, -0.15) is 5.21 Å². The number of methoxy groups -OCH3 is 2. The number of aromatic nitrogens is 3. The topological polar surface area (TPSA) is 60.0 Å². The molecule has 0 unspecified atom stereocenters. The first-order valence-electron chi connectivity index (χ1n) is 2.37. The zero-order valence-electron chi connectivity index (χ0n) is 5.21. The molecule has 1 aromatic heterocycles. The van der Waals surface area contributed by atoms with Gasteiger partial charge in [-0.05, 0) is 0 Å². The third-order valence-corrected chi connectivity index (χ3v) is 0.873. The van der Waals surface area contributed by atoms with E-state index in [1.807, 2.05) is 0 Å². The first-order valence-corrected chi connectivity index (χ1v) is 2.37. The molecule has 0 atom stereocenters. The molecule has 0 spiro atoms. The monoisotopic (exact) mass is 129 g/mol. The van der Waals surface area contributed by atoms with Crippen LogP contribution in [0.4, 0.5) is 0 Å². The standard InChI is InChI=1S/C4H7N3O2/c1-8-3-4(9-2)6-7-5-3/h1-2H3,(H,5,6,7). The number of ether oxygens (including phenoxy) is 2. The molecule has 5 nitrogen and oxygen atoms in total. The Morgan fingerprint density at radius 2 is 1.56 bits per heavy atom. The highest BCUT2D eigenvalue weighted by molar-refractivity contribution is 5.21. The van der Waals surface area contributed by atoms with E-state index in [2.05, 4.69) is 15.4 Å². The molecule has 0 aliphatic heterocycles. The van der Waals surface area contributed by atoms with Crippen molar-refractivity contribution in [2.45, 2.75) is 0 Å². The van der Waals surface area contributed by atoms with Crippen LogP contribution in [-0.4, -0.2) is 29.6 Å². The van der Waals surface area contributed by atoms with Gasteiger partial charge in [-0.1, -0.05) is 0 Å². The van der Waals surface area contributed by atoms with Crippen molar-refractivity contribution >= 4 is 0 Å². The van der Waals surface area contributed by atoms with Crippen LogP contribution >= 0.6 is 0 Å². The molecule has 0 radical (unpaired) electrons. The van der Waals surface area contributed by atoms with Crippen LogP contribution in [0.15, 0.2) is 0 Å². The Labute approximate surface area is 52.0 Å². The largest absolute Gasteiger partial charge is 0.476 e. The van der Waals surface area contributed by atoms with E-state index >= 15 is 0 Å². The van der Waals surface area contributed by atoms with E-state index in [-0.39, 0.29) is 0 Å². The minimum Gasteiger partial charge on any atom is -0.476 e. The van der Waals surface area contributed by atoms with Crippen molar-refractivity contribution in [1.82, 2.24) is 15.4 Å². The minimum absolute atomic E-state index is 0.373. The van der Waals surface area contributed by atoms with Crippen LogP contribution in [0.5, 0.6) is 11.8 Å². The Balaban J connectivity index is 2.85. The van der Waals surface area contributed by atoms with Crippen molar-refractivity contribution in [1.29, 1.82) is 0 Å². The lowest BCUT2D eigenvalue weighted by atomic mass is 10.8. The van der Waals surface area contributed by atoms with Gasteiger partial charge < -0.3 is 9.47 Å². The number of hydrogen-bond donors (Lipinski definition) is 1. The average Bonchev–Trinajstić information content (AvgIpc) is 2.33. The highest BCUT2D eigenvalue weighted by Crippen LogP contribution is 2.17. The Morgan fingerprint density at radius 3 is 1.89 bits per heavy atom. The molecule has 0 amide bonds. The zero-order chi connectivity index (χ0) is 6.69. The van der Waals surface area contributed by atoms with Gasteiger partial charge >= 0.3 is 0 Å². The number of hydrogen-bond acceptors (Lipinski definition) is 4. The van der Waals surface area contributed by atoms with Crippen molar-refractivity contribution in [3.8, 4) is 11.8 Å². The second-order valence-corrected chi connectivity index (χ2v) is 1.34. The van der Waals surface area contributed by atoms with E-state index in [0.29, 0.717) is 11.8 Å². The van der Waals surface area contributed by atoms with Crippen molar-refractivity contribution in [2.75, 3.05) is 14.2 Å².